The van der Waals surface area contributed by atoms with Crippen molar-refractivity contribution >= 4 is 0 Å². The summed E-state index contributed by atoms with van der Waals surface area (Å²) in [6.45, 7) is 8.77. The standard InChI is InChI=1S/C19H28F2O2/c1-5-14(8-6-12(2)3)11-22-16-10-15-9-7-13(4)23-19(15)18(21)17(16)20/h10,12-14H,5-9,11H2,1-4H3. The maximum Gasteiger partial charge on any atom is 0.204 e. The highest BCUT2D eigenvalue weighted by atomic mass is 19.2. The van der Waals surface area contributed by atoms with Gasteiger partial charge in [0, 0.05) is 5.56 Å². The Bertz CT molecular complexity index is 529. The van der Waals surface area contributed by atoms with Gasteiger partial charge in [0.05, 0.1) is 12.7 Å². The normalized spacial score (nSPS) is 18.5. The van der Waals surface area contributed by atoms with E-state index in [9.17, 15) is 8.78 Å². The van der Waals surface area contributed by atoms with Crippen molar-refractivity contribution in [3.05, 3.63) is 23.3 Å². The molecule has 1 heterocycles. The molecule has 1 aromatic rings. The van der Waals surface area contributed by atoms with E-state index >= 15 is 0 Å². The molecule has 0 bridgehead atoms. The molecular weight excluding hydrogens is 298 g/mol. The summed E-state index contributed by atoms with van der Waals surface area (Å²) in [4.78, 5) is 0. The van der Waals surface area contributed by atoms with Gasteiger partial charge in [-0.05, 0) is 44.1 Å². The topological polar surface area (TPSA) is 18.5 Å². The van der Waals surface area contributed by atoms with Crippen LogP contribution < -0.4 is 9.47 Å². The lowest BCUT2D eigenvalue weighted by Gasteiger charge is -2.25. The highest BCUT2D eigenvalue weighted by Gasteiger charge is 2.26. The highest BCUT2D eigenvalue weighted by Crippen LogP contribution is 2.36. The molecule has 0 spiro atoms. The molecule has 0 saturated heterocycles. The first kappa shape index (κ1) is 18.0. The molecule has 0 N–H and O–H groups in total. The molecule has 0 aliphatic carbocycles. The van der Waals surface area contributed by atoms with E-state index in [2.05, 4.69) is 20.8 Å². The fourth-order valence-electron chi connectivity index (χ4n) is 2.85. The van der Waals surface area contributed by atoms with Crippen LogP contribution in [0.15, 0.2) is 6.07 Å². The number of ether oxygens (including phenoxy) is 2. The van der Waals surface area contributed by atoms with Gasteiger partial charge in [-0.2, -0.15) is 8.78 Å². The molecule has 2 nitrogen and oxygen atoms in total. The third-order valence-corrected chi connectivity index (χ3v) is 4.55. The number of aryl methyl sites for hydroxylation is 1. The summed E-state index contributed by atoms with van der Waals surface area (Å²) in [6.07, 6.45) is 4.56. The number of hydrogen-bond acceptors (Lipinski definition) is 2. The lowest BCUT2D eigenvalue weighted by Crippen LogP contribution is -2.21. The van der Waals surface area contributed by atoms with Crippen LogP contribution in [0, 0.1) is 23.5 Å². The average Bonchev–Trinajstić information content (AvgIpc) is 2.52. The largest absolute Gasteiger partial charge is 0.490 e. The second-order valence-corrected chi connectivity index (χ2v) is 7.01. The smallest absolute Gasteiger partial charge is 0.204 e. The average molecular weight is 326 g/mol. The Balaban J connectivity index is 2.07. The van der Waals surface area contributed by atoms with Crippen molar-refractivity contribution in [1.29, 1.82) is 0 Å². The quantitative estimate of drug-likeness (QED) is 0.657. The van der Waals surface area contributed by atoms with Gasteiger partial charge in [-0.3, -0.25) is 0 Å². The van der Waals surface area contributed by atoms with Crippen molar-refractivity contribution in [2.75, 3.05) is 6.61 Å². The zero-order valence-corrected chi connectivity index (χ0v) is 14.6. The molecule has 2 atom stereocenters. The van der Waals surface area contributed by atoms with E-state index in [0.717, 1.165) is 25.7 Å². The number of rotatable bonds is 7. The lowest BCUT2D eigenvalue weighted by molar-refractivity contribution is 0.176. The van der Waals surface area contributed by atoms with E-state index in [4.69, 9.17) is 9.47 Å². The van der Waals surface area contributed by atoms with E-state index < -0.39 is 11.6 Å². The van der Waals surface area contributed by atoms with E-state index in [1.807, 2.05) is 6.92 Å². The monoisotopic (exact) mass is 326 g/mol. The third kappa shape index (κ3) is 4.58. The van der Waals surface area contributed by atoms with Crippen molar-refractivity contribution in [2.45, 2.75) is 65.9 Å². The van der Waals surface area contributed by atoms with E-state index in [-0.39, 0.29) is 17.6 Å². The Morgan fingerprint density at radius 3 is 2.65 bits per heavy atom. The van der Waals surface area contributed by atoms with Crippen LogP contribution in [0.5, 0.6) is 11.5 Å². The fourth-order valence-corrected chi connectivity index (χ4v) is 2.85. The number of benzene rings is 1. The van der Waals surface area contributed by atoms with E-state index in [1.54, 1.807) is 6.07 Å². The van der Waals surface area contributed by atoms with Crippen LogP contribution in [0.2, 0.25) is 0 Å². The maximum atomic E-state index is 14.2. The molecule has 1 aliphatic rings. The summed E-state index contributed by atoms with van der Waals surface area (Å²) in [5, 5.41) is 0. The van der Waals surface area contributed by atoms with E-state index in [0.29, 0.717) is 30.4 Å². The predicted octanol–water partition coefficient (Wildman–Crippen LogP) is 5.52. The van der Waals surface area contributed by atoms with Gasteiger partial charge in [0.25, 0.3) is 0 Å². The minimum Gasteiger partial charge on any atom is -0.490 e. The Morgan fingerprint density at radius 1 is 1.26 bits per heavy atom. The molecule has 130 valence electrons. The summed E-state index contributed by atoms with van der Waals surface area (Å²) in [6, 6.07) is 1.61. The fraction of sp³-hybridized carbons (Fsp3) is 0.684. The van der Waals surface area contributed by atoms with Gasteiger partial charge in [0.2, 0.25) is 11.6 Å². The molecule has 0 saturated carbocycles. The van der Waals surface area contributed by atoms with Gasteiger partial charge in [0.1, 0.15) is 0 Å². The van der Waals surface area contributed by atoms with Gasteiger partial charge < -0.3 is 9.47 Å². The van der Waals surface area contributed by atoms with Crippen molar-refractivity contribution in [3.63, 3.8) is 0 Å². The molecule has 2 unspecified atom stereocenters. The predicted molar refractivity (Wildman–Crippen MR) is 88.1 cm³/mol. The van der Waals surface area contributed by atoms with Gasteiger partial charge in [-0.25, -0.2) is 0 Å². The molecule has 0 fully saturated rings. The van der Waals surface area contributed by atoms with Gasteiger partial charge in [0.15, 0.2) is 11.5 Å². The second-order valence-electron chi connectivity index (χ2n) is 7.01. The lowest BCUT2D eigenvalue weighted by atomic mass is 9.96. The van der Waals surface area contributed by atoms with Gasteiger partial charge in [-0.1, -0.05) is 33.6 Å². The highest BCUT2D eigenvalue weighted by molar-refractivity contribution is 5.44. The van der Waals surface area contributed by atoms with Crippen LogP contribution in [0.1, 0.15) is 58.9 Å². The zero-order valence-electron chi connectivity index (χ0n) is 14.6. The first-order chi connectivity index (χ1) is 10.9. The Labute approximate surface area is 138 Å². The summed E-state index contributed by atoms with van der Waals surface area (Å²) < 4.78 is 39.5. The minimum absolute atomic E-state index is 0.0161. The van der Waals surface area contributed by atoms with Crippen LogP contribution in [-0.4, -0.2) is 12.7 Å². The first-order valence-corrected chi connectivity index (χ1v) is 8.72. The summed E-state index contributed by atoms with van der Waals surface area (Å²) in [7, 11) is 0. The molecule has 0 amide bonds. The summed E-state index contributed by atoms with van der Waals surface area (Å²) in [5.41, 5.74) is 0.701. The first-order valence-electron chi connectivity index (χ1n) is 8.72. The number of fused-ring (bicyclic) bond motifs is 1. The van der Waals surface area contributed by atoms with Gasteiger partial charge >= 0.3 is 0 Å². The van der Waals surface area contributed by atoms with Crippen LogP contribution in [0.25, 0.3) is 0 Å². The number of halogens is 2. The molecular formula is C19H28F2O2. The van der Waals surface area contributed by atoms with Crippen LogP contribution in [0.3, 0.4) is 0 Å². The van der Waals surface area contributed by atoms with Crippen molar-refractivity contribution in [3.8, 4) is 11.5 Å². The second kappa shape index (κ2) is 7.98. The number of hydrogen-bond donors (Lipinski definition) is 0. The Hall–Kier alpha value is -1.32. The van der Waals surface area contributed by atoms with E-state index in [1.165, 1.54) is 0 Å². The minimum atomic E-state index is -0.934. The molecule has 23 heavy (non-hydrogen) atoms. The molecule has 1 aromatic carbocycles. The van der Waals surface area contributed by atoms with Crippen LogP contribution in [-0.2, 0) is 6.42 Å². The Morgan fingerprint density at radius 2 is 2.00 bits per heavy atom. The zero-order chi connectivity index (χ0) is 17.0. The summed E-state index contributed by atoms with van der Waals surface area (Å²) in [5.74, 6) is -0.771. The van der Waals surface area contributed by atoms with Crippen molar-refractivity contribution in [1.82, 2.24) is 0 Å². The molecule has 2 rings (SSSR count). The van der Waals surface area contributed by atoms with Crippen LogP contribution in [0.4, 0.5) is 8.78 Å². The summed E-state index contributed by atoms with van der Waals surface area (Å²) >= 11 is 0. The van der Waals surface area contributed by atoms with Crippen molar-refractivity contribution < 1.29 is 18.3 Å². The van der Waals surface area contributed by atoms with Crippen LogP contribution >= 0.6 is 0 Å². The molecule has 0 radical (unpaired) electrons. The maximum absolute atomic E-state index is 14.2. The molecule has 1 aliphatic heterocycles. The van der Waals surface area contributed by atoms with Crippen molar-refractivity contribution in [2.24, 2.45) is 11.8 Å². The van der Waals surface area contributed by atoms with Gasteiger partial charge in [-0.15, -0.1) is 0 Å². The molecule has 0 aromatic heterocycles. The Kier molecular flexibility index (Phi) is 6.25. The molecule has 4 heteroatoms. The SMILES string of the molecule is CCC(CCC(C)C)COc1cc2c(c(F)c1F)OC(C)CC2. The third-order valence-electron chi connectivity index (χ3n) is 4.55.